The van der Waals surface area contributed by atoms with Crippen molar-refractivity contribution in [2.45, 2.75) is 0 Å². The molecule has 0 bridgehead atoms. The van der Waals surface area contributed by atoms with Crippen LogP contribution in [0.1, 0.15) is 5.56 Å². The Morgan fingerprint density at radius 3 is 2.65 bits per heavy atom. The summed E-state index contributed by atoms with van der Waals surface area (Å²) in [5.74, 6) is -0.225. The molecule has 8 nitrogen and oxygen atoms in total. The van der Waals surface area contributed by atoms with Crippen molar-refractivity contribution in [3.8, 4) is 0 Å². The average molecular weight is 354 g/mol. The molecule has 122 valence electrons. The zero-order chi connectivity index (χ0) is 16.6. The van der Waals surface area contributed by atoms with Crippen LogP contribution in [-0.4, -0.2) is 52.8 Å². The van der Waals surface area contributed by atoms with Crippen molar-refractivity contribution in [1.29, 1.82) is 0 Å². The van der Waals surface area contributed by atoms with Gasteiger partial charge in [-0.3, -0.25) is 9.35 Å². The van der Waals surface area contributed by atoms with Gasteiger partial charge < -0.3 is 10.6 Å². The maximum absolute atomic E-state index is 12.4. The summed E-state index contributed by atoms with van der Waals surface area (Å²) in [5.41, 5.74) is 7.30. The number of nitrogens with two attached hydrogens (primary N) is 1. The van der Waals surface area contributed by atoms with E-state index < -0.39 is 21.9 Å². The lowest BCUT2D eigenvalue weighted by molar-refractivity contribution is -0.128. The molecule has 0 saturated carbocycles. The fourth-order valence-electron chi connectivity index (χ4n) is 2.29. The molecule has 3 N–H and O–H groups in total. The molecule has 10 heteroatoms. The lowest BCUT2D eigenvalue weighted by atomic mass is 10.1. The summed E-state index contributed by atoms with van der Waals surface area (Å²) in [7, 11) is -4.38. The molecule has 1 amide bonds. The number of nitrogens with zero attached hydrogens (tertiary/aromatic N) is 3. The fraction of sp³-hybridized carbons (Fsp3) is 0.231. The Bertz CT molecular complexity index is 802. The third-order valence-electron chi connectivity index (χ3n) is 3.30. The Labute approximate surface area is 137 Å². The van der Waals surface area contributed by atoms with Crippen LogP contribution in [0.5, 0.6) is 0 Å². The SMILES string of the molecule is Nc1ccc(C2=NN(CS(=O)(=O)O)C(=O)C3=CSCCN32)cc1. The summed E-state index contributed by atoms with van der Waals surface area (Å²) >= 11 is 1.47. The van der Waals surface area contributed by atoms with Crippen LogP contribution in [0.4, 0.5) is 5.69 Å². The highest BCUT2D eigenvalue weighted by atomic mass is 32.2. The Kier molecular flexibility index (Phi) is 4.04. The average Bonchev–Trinajstić information content (AvgIpc) is 2.50. The Hall–Kier alpha value is -2.04. The van der Waals surface area contributed by atoms with Gasteiger partial charge in [-0.25, -0.2) is 5.01 Å². The van der Waals surface area contributed by atoms with Gasteiger partial charge in [0.2, 0.25) is 0 Å². The van der Waals surface area contributed by atoms with Crippen LogP contribution >= 0.6 is 11.8 Å². The number of carbonyl (C=O) groups excluding carboxylic acids is 1. The first-order valence-corrected chi connectivity index (χ1v) is 9.32. The van der Waals surface area contributed by atoms with Crippen molar-refractivity contribution in [2.75, 3.05) is 23.9 Å². The number of thioether (sulfide) groups is 1. The first kappa shape index (κ1) is 15.8. The van der Waals surface area contributed by atoms with Gasteiger partial charge in [0, 0.05) is 29.0 Å². The number of amidine groups is 1. The van der Waals surface area contributed by atoms with E-state index in [1.54, 1.807) is 34.6 Å². The number of fused-ring (bicyclic) bond motifs is 1. The maximum atomic E-state index is 12.4. The second-order valence-electron chi connectivity index (χ2n) is 4.99. The molecule has 0 aromatic heterocycles. The summed E-state index contributed by atoms with van der Waals surface area (Å²) in [6, 6.07) is 6.89. The van der Waals surface area contributed by atoms with Crippen LogP contribution < -0.4 is 5.73 Å². The second kappa shape index (κ2) is 5.87. The molecule has 0 fully saturated rings. The molecule has 23 heavy (non-hydrogen) atoms. The Balaban J connectivity index is 2.07. The molecular formula is C13H14N4O4S2. The predicted molar refractivity (Wildman–Crippen MR) is 87.9 cm³/mol. The standard InChI is InChI=1S/C13H14N4O4S2/c14-10-3-1-9(2-4-10)12-15-17(8-23(19,20)21)13(18)11-7-22-6-5-16(11)12/h1-4,7H,5-6,8,14H2,(H,19,20,21). The maximum Gasteiger partial charge on any atom is 0.292 e. The molecule has 2 aliphatic heterocycles. The zero-order valence-electron chi connectivity index (χ0n) is 11.9. The highest BCUT2D eigenvalue weighted by Gasteiger charge is 2.35. The first-order chi connectivity index (χ1) is 10.8. The van der Waals surface area contributed by atoms with Gasteiger partial charge in [-0.15, -0.1) is 16.9 Å². The van der Waals surface area contributed by atoms with Crippen molar-refractivity contribution in [3.05, 3.63) is 40.9 Å². The van der Waals surface area contributed by atoms with E-state index in [9.17, 15) is 13.2 Å². The van der Waals surface area contributed by atoms with Gasteiger partial charge in [0.1, 0.15) is 5.70 Å². The van der Waals surface area contributed by atoms with Gasteiger partial charge in [0.15, 0.2) is 11.7 Å². The molecule has 3 rings (SSSR count). The van der Waals surface area contributed by atoms with Crippen LogP contribution in [0, 0.1) is 0 Å². The third kappa shape index (κ3) is 3.33. The fourth-order valence-corrected chi connectivity index (χ4v) is 3.56. The second-order valence-corrected chi connectivity index (χ2v) is 7.39. The number of hydrogen-bond donors (Lipinski definition) is 2. The monoisotopic (exact) mass is 354 g/mol. The number of nitrogen functional groups attached to an aromatic ring is 1. The quantitative estimate of drug-likeness (QED) is 0.600. The molecule has 0 unspecified atom stereocenters. The normalized spacial score (nSPS) is 18.4. The van der Waals surface area contributed by atoms with Crippen molar-refractivity contribution < 1.29 is 17.8 Å². The largest absolute Gasteiger partial charge is 0.399 e. The molecule has 0 saturated heterocycles. The highest BCUT2D eigenvalue weighted by Crippen LogP contribution is 2.27. The van der Waals surface area contributed by atoms with E-state index >= 15 is 0 Å². The molecule has 0 atom stereocenters. The van der Waals surface area contributed by atoms with Gasteiger partial charge in [-0.1, -0.05) is 0 Å². The van der Waals surface area contributed by atoms with Crippen LogP contribution in [0.3, 0.4) is 0 Å². The van der Waals surface area contributed by atoms with E-state index in [1.807, 2.05) is 0 Å². The van der Waals surface area contributed by atoms with Crippen LogP contribution in [-0.2, 0) is 14.9 Å². The van der Waals surface area contributed by atoms with E-state index in [1.165, 1.54) is 11.8 Å². The van der Waals surface area contributed by atoms with Crippen LogP contribution in [0.25, 0.3) is 0 Å². The van der Waals surface area contributed by atoms with Crippen molar-refractivity contribution in [2.24, 2.45) is 5.10 Å². The third-order valence-corrected chi connectivity index (χ3v) is 4.68. The van der Waals surface area contributed by atoms with Crippen LogP contribution in [0.2, 0.25) is 0 Å². The summed E-state index contributed by atoms with van der Waals surface area (Å²) < 4.78 is 31.3. The molecule has 2 heterocycles. The van der Waals surface area contributed by atoms with E-state index in [0.29, 0.717) is 29.3 Å². The molecule has 1 aromatic carbocycles. The van der Waals surface area contributed by atoms with Gasteiger partial charge in [0.25, 0.3) is 16.0 Å². The predicted octanol–water partition coefficient (Wildman–Crippen LogP) is 0.508. The molecule has 1 aromatic rings. The summed E-state index contributed by atoms with van der Waals surface area (Å²) in [6.07, 6.45) is 0. The van der Waals surface area contributed by atoms with Crippen molar-refractivity contribution in [3.63, 3.8) is 0 Å². The minimum Gasteiger partial charge on any atom is -0.399 e. The van der Waals surface area contributed by atoms with E-state index in [-0.39, 0.29) is 0 Å². The Morgan fingerprint density at radius 1 is 1.30 bits per heavy atom. The first-order valence-electron chi connectivity index (χ1n) is 6.66. The van der Waals surface area contributed by atoms with E-state index in [2.05, 4.69) is 5.10 Å². The molecule has 0 spiro atoms. The summed E-state index contributed by atoms with van der Waals surface area (Å²) in [4.78, 5) is 14.1. The minimum atomic E-state index is -4.38. The summed E-state index contributed by atoms with van der Waals surface area (Å²) in [6.45, 7) is 0.575. The van der Waals surface area contributed by atoms with Crippen LogP contribution in [0.15, 0.2) is 40.5 Å². The Morgan fingerprint density at radius 2 is 2.00 bits per heavy atom. The lowest BCUT2D eigenvalue weighted by Crippen LogP contribution is -2.48. The highest BCUT2D eigenvalue weighted by molar-refractivity contribution is 8.02. The smallest absolute Gasteiger partial charge is 0.292 e. The molecule has 0 radical (unpaired) electrons. The summed E-state index contributed by atoms with van der Waals surface area (Å²) in [5, 5.41) is 6.56. The topological polar surface area (TPSA) is 116 Å². The molecule has 0 aliphatic carbocycles. The lowest BCUT2D eigenvalue weighted by Gasteiger charge is -2.36. The number of carbonyl (C=O) groups is 1. The number of rotatable bonds is 3. The van der Waals surface area contributed by atoms with Crippen molar-refractivity contribution in [1.82, 2.24) is 9.91 Å². The number of anilines is 1. The van der Waals surface area contributed by atoms with Crippen molar-refractivity contribution >= 4 is 39.3 Å². The zero-order valence-corrected chi connectivity index (χ0v) is 13.5. The molecular weight excluding hydrogens is 340 g/mol. The number of hydrogen-bond acceptors (Lipinski definition) is 7. The van der Waals surface area contributed by atoms with Gasteiger partial charge in [0.05, 0.1) is 0 Å². The van der Waals surface area contributed by atoms with Gasteiger partial charge in [-0.05, 0) is 24.3 Å². The molecule has 2 aliphatic rings. The number of hydrazone groups is 1. The number of benzene rings is 1. The van der Waals surface area contributed by atoms with Gasteiger partial charge in [-0.2, -0.15) is 8.42 Å². The van der Waals surface area contributed by atoms with E-state index in [4.69, 9.17) is 10.3 Å². The number of amides is 1. The van der Waals surface area contributed by atoms with E-state index in [0.717, 1.165) is 10.8 Å². The minimum absolute atomic E-state index is 0.340. The van der Waals surface area contributed by atoms with Gasteiger partial charge >= 0.3 is 0 Å².